The SMILES string of the molecule is CC1=CC(CNC(=O)c2ccc(C#N)cc2)C(C(C)C)CC1Cc1nnc(-c2ccncc2)o1. The van der Waals surface area contributed by atoms with Gasteiger partial charge in [-0.25, -0.2) is 0 Å². The van der Waals surface area contributed by atoms with Gasteiger partial charge in [0.1, 0.15) is 0 Å². The van der Waals surface area contributed by atoms with E-state index in [1.54, 1.807) is 36.7 Å². The van der Waals surface area contributed by atoms with Gasteiger partial charge < -0.3 is 9.73 Å². The quantitative estimate of drug-likeness (QED) is 0.512. The molecule has 7 nitrogen and oxygen atoms in total. The topological polar surface area (TPSA) is 105 Å². The average molecular weight is 456 g/mol. The Kier molecular flexibility index (Phi) is 7.17. The van der Waals surface area contributed by atoms with E-state index in [4.69, 9.17) is 9.68 Å². The molecule has 0 spiro atoms. The van der Waals surface area contributed by atoms with Gasteiger partial charge in [-0.3, -0.25) is 9.78 Å². The molecule has 1 aromatic carbocycles. The van der Waals surface area contributed by atoms with Gasteiger partial charge in [0.15, 0.2) is 0 Å². The zero-order chi connectivity index (χ0) is 24.1. The number of hydrogen-bond acceptors (Lipinski definition) is 6. The predicted molar refractivity (Wildman–Crippen MR) is 128 cm³/mol. The van der Waals surface area contributed by atoms with Crippen LogP contribution in [0.25, 0.3) is 11.5 Å². The number of carbonyl (C=O) groups excluding carboxylic acids is 1. The van der Waals surface area contributed by atoms with E-state index >= 15 is 0 Å². The summed E-state index contributed by atoms with van der Waals surface area (Å²) in [5, 5.41) is 20.5. The number of nitriles is 1. The van der Waals surface area contributed by atoms with Crippen LogP contribution in [0.15, 0.2) is 64.9 Å². The van der Waals surface area contributed by atoms with Crippen LogP contribution >= 0.6 is 0 Å². The summed E-state index contributed by atoms with van der Waals surface area (Å²) < 4.78 is 5.93. The normalized spacial score (nSPS) is 20.0. The molecule has 3 aromatic rings. The maximum absolute atomic E-state index is 12.6. The van der Waals surface area contributed by atoms with E-state index in [9.17, 15) is 4.79 Å². The van der Waals surface area contributed by atoms with Gasteiger partial charge in [0, 0.05) is 36.5 Å². The number of amides is 1. The minimum atomic E-state index is -0.116. The van der Waals surface area contributed by atoms with Gasteiger partial charge in [-0.1, -0.05) is 25.5 Å². The molecule has 0 saturated carbocycles. The second-order valence-corrected chi connectivity index (χ2v) is 9.26. The van der Waals surface area contributed by atoms with Crippen LogP contribution in [0.5, 0.6) is 0 Å². The van der Waals surface area contributed by atoms with Gasteiger partial charge in [-0.15, -0.1) is 10.2 Å². The molecule has 3 unspecified atom stereocenters. The number of nitrogens with one attached hydrogen (secondary N) is 1. The maximum atomic E-state index is 12.6. The summed E-state index contributed by atoms with van der Waals surface area (Å²) in [6.45, 7) is 7.20. The Bertz CT molecular complexity index is 1190. The predicted octanol–water partition coefficient (Wildman–Crippen LogP) is 4.83. The molecule has 34 heavy (non-hydrogen) atoms. The molecular formula is C27H29N5O2. The molecule has 0 aliphatic heterocycles. The number of aromatic nitrogens is 3. The van der Waals surface area contributed by atoms with E-state index in [0.29, 0.717) is 53.6 Å². The third-order valence-electron chi connectivity index (χ3n) is 6.67. The van der Waals surface area contributed by atoms with E-state index < -0.39 is 0 Å². The van der Waals surface area contributed by atoms with E-state index in [0.717, 1.165) is 12.0 Å². The van der Waals surface area contributed by atoms with Crippen LogP contribution in [-0.4, -0.2) is 27.6 Å². The van der Waals surface area contributed by atoms with Crippen LogP contribution in [0.1, 0.15) is 49.0 Å². The highest BCUT2D eigenvalue weighted by Gasteiger charge is 2.32. The lowest BCUT2D eigenvalue weighted by molar-refractivity contribution is 0.0939. The Labute approximate surface area is 199 Å². The molecule has 174 valence electrons. The molecule has 0 bridgehead atoms. The molecule has 1 aliphatic carbocycles. The minimum Gasteiger partial charge on any atom is -0.421 e. The average Bonchev–Trinajstić information content (AvgIpc) is 3.33. The summed E-state index contributed by atoms with van der Waals surface area (Å²) in [6.07, 6.45) is 7.43. The summed E-state index contributed by atoms with van der Waals surface area (Å²) in [6, 6.07) is 12.5. The molecule has 0 radical (unpaired) electrons. The van der Waals surface area contributed by atoms with Gasteiger partial charge in [0.2, 0.25) is 11.8 Å². The van der Waals surface area contributed by atoms with Gasteiger partial charge in [-0.2, -0.15) is 5.26 Å². The lowest BCUT2D eigenvalue weighted by atomic mass is 9.70. The maximum Gasteiger partial charge on any atom is 0.251 e. The van der Waals surface area contributed by atoms with E-state index in [-0.39, 0.29) is 11.8 Å². The molecule has 2 aromatic heterocycles. The molecule has 1 aliphatic rings. The summed E-state index contributed by atoms with van der Waals surface area (Å²) >= 11 is 0. The largest absolute Gasteiger partial charge is 0.421 e. The zero-order valence-electron chi connectivity index (χ0n) is 19.7. The Hall–Kier alpha value is -3.79. The molecule has 3 atom stereocenters. The second-order valence-electron chi connectivity index (χ2n) is 9.26. The highest BCUT2D eigenvalue weighted by Crippen LogP contribution is 2.38. The van der Waals surface area contributed by atoms with Gasteiger partial charge in [0.25, 0.3) is 5.91 Å². The molecular weight excluding hydrogens is 426 g/mol. The van der Waals surface area contributed by atoms with Crippen molar-refractivity contribution in [2.45, 2.75) is 33.6 Å². The monoisotopic (exact) mass is 455 g/mol. The van der Waals surface area contributed by atoms with Crippen LogP contribution in [-0.2, 0) is 6.42 Å². The summed E-state index contributed by atoms with van der Waals surface area (Å²) in [5.74, 6) is 2.52. The van der Waals surface area contributed by atoms with E-state index in [1.165, 1.54) is 5.57 Å². The number of allylic oxidation sites excluding steroid dienone is 1. The van der Waals surface area contributed by atoms with Crippen LogP contribution in [0.4, 0.5) is 0 Å². The van der Waals surface area contributed by atoms with Crippen LogP contribution in [0, 0.1) is 35.0 Å². The third-order valence-corrected chi connectivity index (χ3v) is 6.67. The molecule has 7 heteroatoms. The third kappa shape index (κ3) is 5.40. The first-order valence-corrected chi connectivity index (χ1v) is 11.6. The van der Waals surface area contributed by atoms with Gasteiger partial charge in [0.05, 0.1) is 11.6 Å². The summed E-state index contributed by atoms with van der Waals surface area (Å²) in [7, 11) is 0. The van der Waals surface area contributed by atoms with Gasteiger partial charge >= 0.3 is 0 Å². The fraction of sp³-hybridized carbons (Fsp3) is 0.370. The zero-order valence-corrected chi connectivity index (χ0v) is 19.7. The summed E-state index contributed by atoms with van der Waals surface area (Å²) in [5.41, 5.74) is 3.26. The van der Waals surface area contributed by atoms with E-state index in [2.05, 4.69) is 53.4 Å². The fourth-order valence-electron chi connectivity index (χ4n) is 4.67. The molecule has 4 rings (SSSR count). The van der Waals surface area contributed by atoms with Crippen molar-refractivity contribution in [2.24, 2.45) is 23.7 Å². The van der Waals surface area contributed by atoms with Crippen molar-refractivity contribution in [2.75, 3.05) is 6.54 Å². The van der Waals surface area contributed by atoms with Crippen molar-refractivity contribution in [1.29, 1.82) is 5.26 Å². The van der Waals surface area contributed by atoms with E-state index in [1.807, 2.05) is 12.1 Å². The number of hydrogen-bond donors (Lipinski definition) is 1. The van der Waals surface area contributed by atoms with Crippen molar-refractivity contribution in [1.82, 2.24) is 20.5 Å². The fourth-order valence-corrected chi connectivity index (χ4v) is 4.67. The number of nitrogens with zero attached hydrogens (tertiary/aromatic N) is 4. The molecule has 1 N–H and O–H groups in total. The molecule has 0 saturated heterocycles. The standard InChI is InChI=1S/C27H29N5O2/c1-17(2)24-13-22(14-25-31-32-27(34-25)21-8-10-29-11-9-21)18(3)12-23(24)16-30-26(33)20-6-4-19(15-28)5-7-20/h4-12,17,22-24H,13-14,16H2,1-3H3,(H,30,33). The Morgan fingerprint density at radius 1 is 1.18 bits per heavy atom. The highest BCUT2D eigenvalue weighted by atomic mass is 16.4. The van der Waals surface area contributed by atoms with Crippen molar-refractivity contribution < 1.29 is 9.21 Å². The van der Waals surface area contributed by atoms with Crippen molar-refractivity contribution >= 4 is 5.91 Å². The lowest BCUT2D eigenvalue weighted by Gasteiger charge is -2.37. The first-order valence-electron chi connectivity index (χ1n) is 11.6. The van der Waals surface area contributed by atoms with Crippen molar-refractivity contribution in [3.63, 3.8) is 0 Å². The van der Waals surface area contributed by atoms with Crippen LogP contribution in [0.2, 0.25) is 0 Å². The lowest BCUT2D eigenvalue weighted by Crippen LogP contribution is -2.37. The first kappa shape index (κ1) is 23.4. The van der Waals surface area contributed by atoms with Crippen LogP contribution < -0.4 is 5.32 Å². The van der Waals surface area contributed by atoms with Crippen LogP contribution in [0.3, 0.4) is 0 Å². The van der Waals surface area contributed by atoms with Crippen molar-refractivity contribution in [3.8, 4) is 17.5 Å². The molecule has 0 fully saturated rings. The number of rotatable bonds is 7. The Morgan fingerprint density at radius 2 is 1.91 bits per heavy atom. The highest BCUT2D eigenvalue weighted by molar-refractivity contribution is 5.94. The first-order chi connectivity index (χ1) is 16.4. The Morgan fingerprint density at radius 3 is 2.59 bits per heavy atom. The Balaban J connectivity index is 1.42. The molecule has 1 amide bonds. The smallest absolute Gasteiger partial charge is 0.251 e. The molecule has 2 heterocycles. The minimum absolute atomic E-state index is 0.116. The van der Waals surface area contributed by atoms with Gasteiger partial charge in [-0.05, 0) is 73.4 Å². The second kappa shape index (κ2) is 10.4. The number of pyridine rings is 1. The summed E-state index contributed by atoms with van der Waals surface area (Å²) in [4.78, 5) is 16.7. The van der Waals surface area contributed by atoms with Crippen molar-refractivity contribution in [3.05, 3.63) is 77.5 Å². The number of carbonyl (C=O) groups is 1. The number of benzene rings is 1.